The molecule has 0 aliphatic heterocycles. The Bertz CT molecular complexity index is 565. The maximum Gasteiger partial charge on any atom is 0.325 e. The summed E-state index contributed by atoms with van der Waals surface area (Å²) in [6, 6.07) is 7.93. The number of aryl methyl sites for hydroxylation is 1. The molecular formula is C18H23NO3. The third-order valence-electron chi connectivity index (χ3n) is 4.10. The topological polar surface area (TPSA) is 46.6 Å². The molecule has 2 rings (SSSR count). The van der Waals surface area contributed by atoms with Crippen LogP contribution in [0.4, 0.5) is 0 Å². The van der Waals surface area contributed by atoms with Crippen molar-refractivity contribution in [1.29, 1.82) is 0 Å². The quantitative estimate of drug-likeness (QED) is 0.620. The minimum absolute atomic E-state index is 0.00385. The van der Waals surface area contributed by atoms with Crippen molar-refractivity contribution in [2.75, 3.05) is 13.7 Å². The molecule has 118 valence electrons. The number of benzene rings is 1. The minimum atomic E-state index is -0.381. The molecule has 1 atom stereocenters. The molecule has 1 amide bonds. The van der Waals surface area contributed by atoms with Crippen molar-refractivity contribution in [2.24, 2.45) is 5.92 Å². The van der Waals surface area contributed by atoms with E-state index in [9.17, 15) is 9.59 Å². The Balaban J connectivity index is 2.14. The summed E-state index contributed by atoms with van der Waals surface area (Å²) in [6.45, 7) is 2.46. The number of carbonyl (C=O) groups is 2. The molecule has 1 aromatic carbocycles. The van der Waals surface area contributed by atoms with Gasteiger partial charge in [-0.1, -0.05) is 36.4 Å². The van der Waals surface area contributed by atoms with Crippen LogP contribution in [0.2, 0.25) is 0 Å². The maximum atomic E-state index is 12.7. The van der Waals surface area contributed by atoms with Gasteiger partial charge in [0.15, 0.2) is 0 Å². The zero-order valence-corrected chi connectivity index (χ0v) is 13.2. The lowest BCUT2D eigenvalue weighted by Gasteiger charge is -2.27. The van der Waals surface area contributed by atoms with Gasteiger partial charge in [0.1, 0.15) is 6.54 Å². The van der Waals surface area contributed by atoms with Gasteiger partial charge in [0, 0.05) is 12.5 Å². The second-order valence-electron chi connectivity index (χ2n) is 5.68. The molecule has 4 nitrogen and oxygen atoms in total. The van der Waals surface area contributed by atoms with Gasteiger partial charge in [-0.2, -0.15) is 0 Å². The van der Waals surface area contributed by atoms with E-state index in [4.69, 9.17) is 4.74 Å². The number of nitrogens with zero attached hydrogens (tertiary/aromatic N) is 1. The first-order valence-electron chi connectivity index (χ1n) is 7.67. The smallest absolute Gasteiger partial charge is 0.325 e. The number of carbonyl (C=O) groups excluding carboxylic acids is 2. The average molecular weight is 301 g/mol. The van der Waals surface area contributed by atoms with Gasteiger partial charge in [0.25, 0.3) is 0 Å². The largest absolute Gasteiger partial charge is 0.468 e. The van der Waals surface area contributed by atoms with Gasteiger partial charge in [0.2, 0.25) is 5.91 Å². The second kappa shape index (κ2) is 7.78. The van der Waals surface area contributed by atoms with Crippen LogP contribution < -0.4 is 0 Å². The summed E-state index contributed by atoms with van der Waals surface area (Å²) in [5, 5.41) is 0. The summed E-state index contributed by atoms with van der Waals surface area (Å²) in [5.74, 6) is -0.370. The lowest BCUT2D eigenvalue weighted by molar-refractivity contribution is -0.149. The van der Waals surface area contributed by atoms with Crippen LogP contribution in [-0.4, -0.2) is 30.4 Å². The number of hydrogen-bond acceptors (Lipinski definition) is 3. The Morgan fingerprint density at radius 3 is 2.68 bits per heavy atom. The zero-order chi connectivity index (χ0) is 15.9. The highest BCUT2D eigenvalue weighted by atomic mass is 16.5. The number of amides is 1. The number of rotatable bonds is 5. The SMILES string of the molecule is COC(=O)CN(Cc1ccccc1C)C(=O)C1CC=CCC1. The fourth-order valence-corrected chi connectivity index (χ4v) is 2.70. The van der Waals surface area contributed by atoms with Gasteiger partial charge in [-0.25, -0.2) is 0 Å². The molecule has 1 unspecified atom stereocenters. The Labute approximate surface area is 131 Å². The third-order valence-corrected chi connectivity index (χ3v) is 4.10. The van der Waals surface area contributed by atoms with E-state index in [0.29, 0.717) is 6.54 Å². The van der Waals surface area contributed by atoms with Crippen molar-refractivity contribution < 1.29 is 14.3 Å². The molecule has 22 heavy (non-hydrogen) atoms. The van der Waals surface area contributed by atoms with Crippen LogP contribution in [0.25, 0.3) is 0 Å². The molecule has 0 N–H and O–H groups in total. The fraction of sp³-hybridized carbons (Fsp3) is 0.444. The van der Waals surface area contributed by atoms with Crippen molar-refractivity contribution in [3.8, 4) is 0 Å². The number of esters is 1. The van der Waals surface area contributed by atoms with Gasteiger partial charge in [-0.15, -0.1) is 0 Å². The highest BCUT2D eigenvalue weighted by Crippen LogP contribution is 2.22. The summed E-state index contributed by atoms with van der Waals surface area (Å²) >= 11 is 0. The van der Waals surface area contributed by atoms with Crippen molar-refractivity contribution >= 4 is 11.9 Å². The first-order valence-corrected chi connectivity index (χ1v) is 7.67. The second-order valence-corrected chi connectivity index (χ2v) is 5.68. The van der Waals surface area contributed by atoms with E-state index >= 15 is 0 Å². The van der Waals surface area contributed by atoms with Crippen LogP contribution >= 0.6 is 0 Å². The standard InChI is InChI=1S/C18H23NO3/c1-14-8-6-7-11-16(14)12-19(13-17(20)22-2)18(21)15-9-4-3-5-10-15/h3-4,6-8,11,15H,5,9-10,12-13H2,1-2H3. The molecule has 0 fully saturated rings. The van der Waals surface area contributed by atoms with Crippen molar-refractivity contribution in [3.05, 3.63) is 47.5 Å². The number of hydrogen-bond donors (Lipinski definition) is 0. The lowest BCUT2D eigenvalue weighted by atomic mass is 9.93. The summed E-state index contributed by atoms with van der Waals surface area (Å²) < 4.78 is 4.74. The van der Waals surface area contributed by atoms with E-state index in [1.807, 2.05) is 31.2 Å². The fourth-order valence-electron chi connectivity index (χ4n) is 2.70. The molecule has 4 heteroatoms. The van der Waals surface area contributed by atoms with E-state index in [0.717, 1.165) is 30.4 Å². The molecule has 0 bridgehead atoms. The van der Waals surface area contributed by atoms with Crippen molar-refractivity contribution in [1.82, 2.24) is 4.90 Å². The Hall–Kier alpha value is -2.10. The monoisotopic (exact) mass is 301 g/mol. The van der Waals surface area contributed by atoms with Crippen molar-refractivity contribution in [3.63, 3.8) is 0 Å². The van der Waals surface area contributed by atoms with Gasteiger partial charge >= 0.3 is 5.97 Å². The van der Waals surface area contributed by atoms with Gasteiger partial charge in [-0.3, -0.25) is 9.59 Å². The summed E-state index contributed by atoms with van der Waals surface area (Å²) in [7, 11) is 1.35. The molecule has 0 saturated heterocycles. The Kier molecular flexibility index (Phi) is 5.75. The molecule has 0 saturated carbocycles. The Morgan fingerprint density at radius 1 is 1.27 bits per heavy atom. The molecule has 0 spiro atoms. The maximum absolute atomic E-state index is 12.7. The number of methoxy groups -OCH3 is 1. The molecule has 0 radical (unpaired) electrons. The van der Waals surface area contributed by atoms with E-state index in [-0.39, 0.29) is 24.3 Å². The van der Waals surface area contributed by atoms with Crippen LogP contribution in [0.1, 0.15) is 30.4 Å². The molecule has 1 aromatic rings. The highest BCUT2D eigenvalue weighted by molar-refractivity contribution is 5.84. The normalized spacial score (nSPS) is 17.1. The van der Waals surface area contributed by atoms with Gasteiger partial charge in [-0.05, 0) is 37.3 Å². The first kappa shape index (κ1) is 16.3. The minimum Gasteiger partial charge on any atom is -0.468 e. The first-order chi connectivity index (χ1) is 10.6. The summed E-state index contributed by atoms with van der Waals surface area (Å²) in [4.78, 5) is 26.0. The predicted octanol–water partition coefficient (Wildman–Crippen LogP) is 2.85. The van der Waals surface area contributed by atoms with Gasteiger partial charge in [0.05, 0.1) is 7.11 Å². The van der Waals surface area contributed by atoms with Crippen LogP contribution in [0.5, 0.6) is 0 Å². The van der Waals surface area contributed by atoms with Crippen LogP contribution in [-0.2, 0) is 20.9 Å². The van der Waals surface area contributed by atoms with Crippen molar-refractivity contribution in [2.45, 2.75) is 32.7 Å². The molecule has 1 aliphatic rings. The lowest BCUT2D eigenvalue weighted by Crippen LogP contribution is -2.40. The van der Waals surface area contributed by atoms with E-state index in [2.05, 4.69) is 12.2 Å². The molecule has 0 aromatic heterocycles. The van der Waals surface area contributed by atoms with E-state index in [1.165, 1.54) is 7.11 Å². The number of allylic oxidation sites excluding steroid dienone is 2. The third kappa shape index (κ3) is 4.20. The molecule has 0 heterocycles. The molecular weight excluding hydrogens is 278 g/mol. The summed E-state index contributed by atoms with van der Waals surface area (Å²) in [6.07, 6.45) is 6.68. The number of ether oxygens (including phenoxy) is 1. The van der Waals surface area contributed by atoms with Crippen LogP contribution in [0.15, 0.2) is 36.4 Å². The van der Waals surface area contributed by atoms with Crippen LogP contribution in [0, 0.1) is 12.8 Å². The van der Waals surface area contributed by atoms with Gasteiger partial charge < -0.3 is 9.64 Å². The van der Waals surface area contributed by atoms with E-state index < -0.39 is 0 Å². The molecule has 1 aliphatic carbocycles. The predicted molar refractivity (Wildman–Crippen MR) is 85.1 cm³/mol. The highest BCUT2D eigenvalue weighted by Gasteiger charge is 2.26. The Morgan fingerprint density at radius 2 is 2.05 bits per heavy atom. The van der Waals surface area contributed by atoms with Crippen LogP contribution in [0.3, 0.4) is 0 Å². The summed E-state index contributed by atoms with van der Waals surface area (Å²) in [5.41, 5.74) is 2.18. The van der Waals surface area contributed by atoms with E-state index in [1.54, 1.807) is 4.90 Å². The average Bonchev–Trinajstić information content (AvgIpc) is 2.56. The zero-order valence-electron chi connectivity index (χ0n) is 13.2.